The number of rotatable bonds is 7. The smallest absolute Gasteiger partial charge is 0.326 e. The van der Waals surface area contributed by atoms with Gasteiger partial charge >= 0.3 is 11.9 Å². The third-order valence-electron chi connectivity index (χ3n) is 2.72. The van der Waals surface area contributed by atoms with Crippen molar-refractivity contribution in [2.45, 2.75) is 40.2 Å². The van der Waals surface area contributed by atoms with Crippen LogP contribution in [0.1, 0.15) is 34.1 Å². The molecule has 6 heteroatoms. The van der Waals surface area contributed by atoms with Crippen molar-refractivity contribution in [1.82, 2.24) is 4.90 Å². The van der Waals surface area contributed by atoms with E-state index in [1.165, 1.54) is 6.92 Å². The summed E-state index contributed by atoms with van der Waals surface area (Å²) in [6.07, 6.45) is 0.250. The minimum absolute atomic E-state index is 0.0862. The maximum atomic E-state index is 12.0. The summed E-state index contributed by atoms with van der Waals surface area (Å²) in [5, 5.41) is 17.9. The van der Waals surface area contributed by atoms with E-state index < -0.39 is 23.9 Å². The van der Waals surface area contributed by atoms with Crippen molar-refractivity contribution in [3.63, 3.8) is 0 Å². The SMILES string of the molecule is CCC(C(=O)O)N(CC(C)C(=O)O)C(=O)C(C)C. The molecule has 0 bridgehead atoms. The first-order valence-electron chi connectivity index (χ1n) is 5.98. The highest BCUT2D eigenvalue weighted by Gasteiger charge is 2.31. The molecule has 1 amide bonds. The summed E-state index contributed by atoms with van der Waals surface area (Å²) < 4.78 is 0. The topological polar surface area (TPSA) is 94.9 Å². The van der Waals surface area contributed by atoms with E-state index in [0.29, 0.717) is 0 Å². The number of carboxylic acids is 2. The molecule has 2 atom stereocenters. The van der Waals surface area contributed by atoms with E-state index in [2.05, 4.69) is 0 Å². The fourth-order valence-corrected chi connectivity index (χ4v) is 1.60. The normalized spacial score (nSPS) is 14.1. The van der Waals surface area contributed by atoms with Crippen LogP contribution >= 0.6 is 0 Å². The first-order chi connectivity index (χ1) is 8.22. The average Bonchev–Trinajstić information content (AvgIpc) is 2.26. The van der Waals surface area contributed by atoms with Gasteiger partial charge in [0.05, 0.1) is 5.92 Å². The van der Waals surface area contributed by atoms with Crippen LogP contribution in [0.25, 0.3) is 0 Å². The molecule has 18 heavy (non-hydrogen) atoms. The van der Waals surface area contributed by atoms with E-state index in [1.54, 1.807) is 20.8 Å². The third-order valence-corrected chi connectivity index (χ3v) is 2.72. The second-order valence-corrected chi connectivity index (χ2v) is 4.65. The minimum Gasteiger partial charge on any atom is -0.481 e. The molecule has 0 aromatic heterocycles. The van der Waals surface area contributed by atoms with Crippen LogP contribution in [-0.4, -0.2) is 45.5 Å². The third kappa shape index (κ3) is 4.35. The Bertz CT molecular complexity index is 326. The van der Waals surface area contributed by atoms with Crippen LogP contribution in [-0.2, 0) is 14.4 Å². The van der Waals surface area contributed by atoms with Gasteiger partial charge in [-0.1, -0.05) is 27.7 Å². The monoisotopic (exact) mass is 259 g/mol. The molecule has 0 aliphatic rings. The summed E-state index contributed by atoms with van der Waals surface area (Å²) in [4.78, 5) is 35.1. The molecule has 0 saturated heterocycles. The highest BCUT2D eigenvalue weighted by Crippen LogP contribution is 2.13. The number of hydrogen-bond donors (Lipinski definition) is 2. The van der Waals surface area contributed by atoms with E-state index in [0.717, 1.165) is 4.90 Å². The van der Waals surface area contributed by atoms with Crippen LogP contribution in [0.5, 0.6) is 0 Å². The van der Waals surface area contributed by atoms with Gasteiger partial charge in [0.2, 0.25) is 5.91 Å². The summed E-state index contributed by atoms with van der Waals surface area (Å²) >= 11 is 0. The first-order valence-corrected chi connectivity index (χ1v) is 5.98. The average molecular weight is 259 g/mol. The maximum Gasteiger partial charge on any atom is 0.326 e. The molecule has 104 valence electrons. The van der Waals surface area contributed by atoms with Crippen molar-refractivity contribution in [3.8, 4) is 0 Å². The molecule has 0 saturated carbocycles. The molecule has 0 heterocycles. The molecule has 6 nitrogen and oxygen atoms in total. The largest absolute Gasteiger partial charge is 0.481 e. The van der Waals surface area contributed by atoms with Gasteiger partial charge in [-0.2, -0.15) is 0 Å². The molecule has 0 aromatic rings. The number of carboxylic acid groups (broad SMARTS) is 2. The molecule has 2 unspecified atom stereocenters. The zero-order chi connectivity index (χ0) is 14.5. The lowest BCUT2D eigenvalue weighted by molar-refractivity contribution is -0.154. The van der Waals surface area contributed by atoms with Crippen molar-refractivity contribution in [1.29, 1.82) is 0 Å². The molecular weight excluding hydrogens is 238 g/mol. The van der Waals surface area contributed by atoms with Gasteiger partial charge in [-0.25, -0.2) is 4.79 Å². The van der Waals surface area contributed by atoms with E-state index >= 15 is 0 Å². The van der Waals surface area contributed by atoms with Gasteiger partial charge < -0.3 is 15.1 Å². The van der Waals surface area contributed by atoms with Crippen LogP contribution in [0.15, 0.2) is 0 Å². The van der Waals surface area contributed by atoms with E-state index in [4.69, 9.17) is 10.2 Å². The molecule has 2 N–H and O–H groups in total. The van der Waals surface area contributed by atoms with E-state index in [9.17, 15) is 14.4 Å². The molecule has 0 aliphatic carbocycles. The molecule has 0 fully saturated rings. The Morgan fingerprint density at radius 1 is 1.06 bits per heavy atom. The van der Waals surface area contributed by atoms with Gasteiger partial charge in [0.25, 0.3) is 0 Å². The van der Waals surface area contributed by atoms with Crippen LogP contribution < -0.4 is 0 Å². The van der Waals surface area contributed by atoms with Crippen LogP contribution in [0.4, 0.5) is 0 Å². The summed E-state index contributed by atoms with van der Waals surface area (Å²) in [6.45, 7) is 6.35. The predicted molar refractivity (Wildman–Crippen MR) is 65.1 cm³/mol. The Morgan fingerprint density at radius 3 is 1.83 bits per heavy atom. The molecule has 0 aromatic carbocycles. The highest BCUT2D eigenvalue weighted by molar-refractivity contribution is 5.85. The number of amides is 1. The van der Waals surface area contributed by atoms with Gasteiger partial charge in [-0.05, 0) is 6.42 Å². The van der Waals surface area contributed by atoms with Crippen molar-refractivity contribution >= 4 is 17.8 Å². The second kappa shape index (κ2) is 6.98. The van der Waals surface area contributed by atoms with E-state index in [1.807, 2.05) is 0 Å². The second-order valence-electron chi connectivity index (χ2n) is 4.65. The van der Waals surface area contributed by atoms with Crippen molar-refractivity contribution in [2.75, 3.05) is 6.54 Å². The molecule has 0 rings (SSSR count). The van der Waals surface area contributed by atoms with E-state index in [-0.39, 0.29) is 24.8 Å². The number of hydrogen-bond acceptors (Lipinski definition) is 3. The van der Waals surface area contributed by atoms with Crippen molar-refractivity contribution in [3.05, 3.63) is 0 Å². The predicted octanol–water partition coefficient (Wildman–Crippen LogP) is 1.05. The van der Waals surface area contributed by atoms with Gasteiger partial charge in [0.1, 0.15) is 6.04 Å². The Balaban J connectivity index is 5.10. The van der Waals surface area contributed by atoms with Gasteiger partial charge in [0, 0.05) is 12.5 Å². The Morgan fingerprint density at radius 2 is 1.56 bits per heavy atom. The zero-order valence-electron chi connectivity index (χ0n) is 11.2. The van der Waals surface area contributed by atoms with Gasteiger partial charge in [0.15, 0.2) is 0 Å². The molecular formula is C12H21NO5. The fourth-order valence-electron chi connectivity index (χ4n) is 1.60. The molecule has 0 radical (unpaired) electrons. The maximum absolute atomic E-state index is 12.0. The zero-order valence-corrected chi connectivity index (χ0v) is 11.2. The summed E-state index contributed by atoms with van der Waals surface area (Å²) in [6, 6.07) is -0.971. The number of carbonyl (C=O) groups is 3. The lowest BCUT2D eigenvalue weighted by Gasteiger charge is -2.31. The number of aliphatic carboxylic acids is 2. The minimum atomic E-state index is -1.11. The first kappa shape index (κ1) is 16.4. The summed E-state index contributed by atoms with van der Waals surface area (Å²) in [7, 11) is 0. The fraction of sp³-hybridized carbons (Fsp3) is 0.750. The van der Waals surface area contributed by atoms with Crippen LogP contribution in [0.2, 0.25) is 0 Å². The number of nitrogens with zero attached hydrogens (tertiary/aromatic N) is 1. The van der Waals surface area contributed by atoms with Gasteiger partial charge in [-0.3, -0.25) is 9.59 Å². The number of carbonyl (C=O) groups excluding carboxylic acids is 1. The summed E-state index contributed by atoms with van der Waals surface area (Å²) in [5.74, 6) is -3.64. The molecule has 0 aliphatic heterocycles. The van der Waals surface area contributed by atoms with Crippen LogP contribution in [0.3, 0.4) is 0 Å². The Kier molecular flexibility index (Phi) is 6.36. The highest BCUT2D eigenvalue weighted by atomic mass is 16.4. The lowest BCUT2D eigenvalue weighted by Crippen LogP contribution is -2.49. The Labute approximate surface area is 107 Å². The lowest BCUT2D eigenvalue weighted by atomic mass is 10.1. The van der Waals surface area contributed by atoms with Crippen molar-refractivity contribution < 1.29 is 24.6 Å². The van der Waals surface area contributed by atoms with Gasteiger partial charge in [-0.15, -0.1) is 0 Å². The Hall–Kier alpha value is -1.59. The quantitative estimate of drug-likeness (QED) is 0.712. The summed E-state index contributed by atoms with van der Waals surface area (Å²) in [5.41, 5.74) is 0. The standard InChI is InChI=1S/C12H21NO5/c1-5-9(12(17)18)13(10(14)7(2)3)6-8(4)11(15)16/h7-9H,5-6H2,1-4H3,(H,15,16)(H,17,18). The molecule has 0 spiro atoms. The van der Waals surface area contributed by atoms with Crippen molar-refractivity contribution in [2.24, 2.45) is 11.8 Å². The van der Waals surface area contributed by atoms with Crippen LogP contribution in [0, 0.1) is 11.8 Å².